The SMILES string of the molecule is O=C(Nc1ccc(Cl)cc1)c1cccc(C(=O)Nc2cccc(F)c2)c1. The molecular formula is C20H14ClFN2O2. The highest BCUT2D eigenvalue weighted by atomic mass is 35.5. The predicted octanol–water partition coefficient (Wildman–Crippen LogP) is 4.98. The van der Waals surface area contributed by atoms with Crippen LogP contribution in [0.1, 0.15) is 20.7 Å². The molecule has 0 unspecified atom stereocenters. The summed E-state index contributed by atoms with van der Waals surface area (Å²) in [6.45, 7) is 0. The first-order valence-corrected chi connectivity index (χ1v) is 8.13. The molecule has 2 N–H and O–H groups in total. The standard InChI is InChI=1S/C20H14ClFN2O2/c21-15-7-9-17(10-8-15)23-19(25)13-3-1-4-14(11-13)20(26)24-18-6-2-5-16(22)12-18/h1-12H,(H,23,25)(H,24,26). The van der Waals surface area contributed by atoms with Gasteiger partial charge < -0.3 is 10.6 Å². The molecule has 6 heteroatoms. The van der Waals surface area contributed by atoms with Crippen LogP contribution in [0.2, 0.25) is 5.02 Å². The zero-order valence-corrected chi connectivity index (χ0v) is 14.3. The molecule has 0 atom stereocenters. The Labute approximate surface area is 154 Å². The lowest BCUT2D eigenvalue weighted by Gasteiger charge is -2.08. The van der Waals surface area contributed by atoms with Gasteiger partial charge in [0.1, 0.15) is 5.82 Å². The van der Waals surface area contributed by atoms with Crippen molar-refractivity contribution in [2.24, 2.45) is 0 Å². The molecule has 3 aromatic rings. The number of benzene rings is 3. The van der Waals surface area contributed by atoms with Gasteiger partial charge in [0.05, 0.1) is 0 Å². The number of anilines is 2. The van der Waals surface area contributed by atoms with E-state index in [-0.39, 0.29) is 11.5 Å². The zero-order valence-electron chi connectivity index (χ0n) is 13.5. The van der Waals surface area contributed by atoms with Gasteiger partial charge in [0.25, 0.3) is 11.8 Å². The van der Waals surface area contributed by atoms with Gasteiger partial charge in [-0.15, -0.1) is 0 Å². The molecule has 0 saturated carbocycles. The number of hydrogen-bond acceptors (Lipinski definition) is 2. The largest absolute Gasteiger partial charge is 0.322 e. The molecule has 0 spiro atoms. The summed E-state index contributed by atoms with van der Waals surface area (Å²) in [7, 11) is 0. The highest BCUT2D eigenvalue weighted by molar-refractivity contribution is 6.30. The van der Waals surface area contributed by atoms with E-state index < -0.39 is 11.7 Å². The summed E-state index contributed by atoms with van der Waals surface area (Å²) in [5, 5.41) is 5.89. The van der Waals surface area contributed by atoms with Crippen molar-refractivity contribution in [2.45, 2.75) is 0 Å². The maximum Gasteiger partial charge on any atom is 0.255 e. The molecule has 0 fully saturated rings. The van der Waals surface area contributed by atoms with Gasteiger partial charge in [0, 0.05) is 27.5 Å². The molecule has 0 aliphatic rings. The number of carbonyl (C=O) groups excluding carboxylic acids is 2. The minimum Gasteiger partial charge on any atom is -0.322 e. The molecular weight excluding hydrogens is 355 g/mol. The van der Waals surface area contributed by atoms with Crippen LogP contribution in [0.5, 0.6) is 0 Å². The first-order valence-electron chi connectivity index (χ1n) is 7.75. The van der Waals surface area contributed by atoms with Crippen molar-refractivity contribution in [1.82, 2.24) is 0 Å². The fraction of sp³-hybridized carbons (Fsp3) is 0. The Morgan fingerprint density at radius 2 is 1.31 bits per heavy atom. The Kier molecular flexibility index (Phi) is 5.29. The lowest BCUT2D eigenvalue weighted by molar-refractivity contribution is 0.102. The summed E-state index contributed by atoms with van der Waals surface area (Å²) < 4.78 is 13.2. The van der Waals surface area contributed by atoms with Crippen LogP contribution in [0.15, 0.2) is 72.8 Å². The highest BCUT2D eigenvalue weighted by Gasteiger charge is 2.11. The monoisotopic (exact) mass is 368 g/mol. The van der Waals surface area contributed by atoms with Gasteiger partial charge in [-0.1, -0.05) is 23.7 Å². The Morgan fingerprint density at radius 1 is 0.731 bits per heavy atom. The molecule has 2 amide bonds. The molecule has 0 heterocycles. The third-order valence-corrected chi connectivity index (χ3v) is 3.82. The van der Waals surface area contributed by atoms with Crippen molar-refractivity contribution in [1.29, 1.82) is 0 Å². The van der Waals surface area contributed by atoms with Gasteiger partial charge in [-0.2, -0.15) is 0 Å². The van der Waals surface area contributed by atoms with Crippen molar-refractivity contribution in [2.75, 3.05) is 10.6 Å². The first kappa shape index (κ1) is 17.6. The van der Waals surface area contributed by atoms with Gasteiger partial charge in [0.2, 0.25) is 0 Å². The average Bonchev–Trinajstić information content (AvgIpc) is 2.64. The summed E-state index contributed by atoms with van der Waals surface area (Å²) >= 11 is 5.82. The number of hydrogen-bond donors (Lipinski definition) is 2. The maximum atomic E-state index is 13.2. The van der Waals surface area contributed by atoms with E-state index in [0.717, 1.165) is 0 Å². The highest BCUT2D eigenvalue weighted by Crippen LogP contribution is 2.16. The lowest BCUT2D eigenvalue weighted by atomic mass is 10.1. The summed E-state index contributed by atoms with van der Waals surface area (Å²) in [5.41, 5.74) is 1.55. The number of halogens is 2. The topological polar surface area (TPSA) is 58.2 Å². The molecule has 26 heavy (non-hydrogen) atoms. The van der Waals surface area contributed by atoms with E-state index in [4.69, 9.17) is 11.6 Å². The molecule has 3 aromatic carbocycles. The number of rotatable bonds is 4. The molecule has 0 aromatic heterocycles. The molecule has 0 bridgehead atoms. The van der Waals surface area contributed by atoms with Crippen LogP contribution in [-0.4, -0.2) is 11.8 Å². The maximum absolute atomic E-state index is 13.2. The summed E-state index contributed by atoms with van der Waals surface area (Å²) in [6, 6.07) is 18.5. The summed E-state index contributed by atoms with van der Waals surface area (Å²) in [5.74, 6) is -1.23. The Balaban J connectivity index is 1.73. The fourth-order valence-corrected chi connectivity index (χ4v) is 2.43. The van der Waals surface area contributed by atoms with Gasteiger partial charge >= 0.3 is 0 Å². The summed E-state index contributed by atoms with van der Waals surface area (Å²) in [6.07, 6.45) is 0. The van der Waals surface area contributed by atoms with Crippen molar-refractivity contribution < 1.29 is 14.0 Å². The molecule has 0 radical (unpaired) electrons. The van der Waals surface area contributed by atoms with Crippen LogP contribution >= 0.6 is 11.6 Å². The van der Waals surface area contributed by atoms with E-state index in [0.29, 0.717) is 22.0 Å². The second-order valence-corrected chi connectivity index (χ2v) is 5.94. The third kappa shape index (κ3) is 4.46. The van der Waals surface area contributed by atoms with Crippen LogP contribution < -0.4 is 10.6 Å². The van der Waals surface area contributed by atoms with Crippen LogP contribution in [0.4, 0.5) is 15.8 Å². The molecule has 3 rings (SSSR count). The van der Waals surface area contributed by atoms with Crippen molar-refractivity contribution >= 4 is 34.8 Å². The van der Waals surface area contributed by atoms with Gasteiger partial charge in [-0.05, 0) is 60.7 Å². The van der Waals surface area contributed by atoms with E-state index in [1.165, 1.54) is 24.3 Å². The predicted molar refractivity (Wildman–Crippen MR) is 100 cm³/mol. The Bertz CT molecular complexity index is 958. The van der Waals surface area contributed by atoms with Gasteiger partial charge in [-0.3, -0.25) is 9.59 Å². The minimum atomic E-state index is -0.445. The zero-order chi connectivity index (χ0) is 18.5. The number of amides is 2. The van der Waals surface area contributed by atoms with Crippen LogP contribution in [0.3, 0.4) is 0 Å². The second-order valence-electron chi connectivity index (χ2n) is 5.51. The third-order valence-electron chi connectivity index (χ3n) is 3.57. The average molecular weight is 369 g/mol. The Morgan fingerprint density at radius 3 is 1.92 bits per heavy atom. The van der Waals surface area contributed by atoms with Crippen molar-refractivity contribution in [3.63, 3.8) is 0 Å². The summed E-state index contributed by atoms with van der Waals surface area (Å²) in [4.78, 5) is 24.7. The van der Waals surface area contributed by atoms with Crippen LogP contribution in [0.25, 0.3) is 0 Å². The molecule has 0 saturated heterocycles. The molecule has 4 nitrogen and oxygen atoms in total. The van der Waals surface area contributed by atoms with E-state index in [2.05, 4.69) is 10.6 Å². The molecule has 0 aliphatic heterocycles. The quantitative estimate of drug-likeness (QED) is 0.682. The lowest BCUT2D eigenvalue weighted by Crippen LogP contribution is -2.15. The van der Waals surface area contributed by atoms with Crippen LogP contribution in [0, 0.1) is 5.82 Å². The van der Waals surface area contributed by atoms with Crippen molar-refractivity contribution in [3.8, 4) is 0 Å². The van der Waals surface area contributed by atoms with Crippen molar-refractivity contribution in [3.05, 3.63) is 94.8 Å². The smallest absolute Gasteiger partial charge is 0.255 e. The fourth-order valence-electron chi connectivity index (χ4n) is 2.31. The van der Waals surface area contributed by atoms with Gasteiger partial charge in [0.15, 0.2) is 0 Å². The second kappa shape index (κ2) is 7.80. The Hall–Kier alpha value is -3.18. The molecule has 130 valence electrons. The molecule has 0 aliphatic carbocycles. The van der Waals surface area contributed by atoms with E-state index in [1.54, 1.807) is 48.5 Å². The van der Waals surface area contributed by atoms with Gasteiger partial charge in [-0.25, -0.2) is 4.39 Å². The minimum absolute atomic E-state index is 0.290. The normalized spacial score (nSPS) is 10.2. The number of nitrogens with one attached hydrogen (secondary N) is 2. The number of carbonyl (C=O) groups is 2. The van der Waals surface area contributed by atoms with Crippen LogP contribution in [-0.2, 0) is 0 Å². The van der Waals surface area contributed by atoms with E-state index >= 15 is 0 Å². The van der Waals surface area contributed by atoms with E-state index in [1.807, 2.05) is 0 Å². The van der Waals surface area contributed by atoms with E-state index in [9.17, 15) is 14.0 Å². The first-order chi connectivity index (χ1) is 12.5.